The first kappa shape index (κ1) is 22.8. The summed E-state index contributed by atoms with van der Waals surface area (Å²) >= 11 is 0. The minimum absolute atomic E-state index is 0.0252. The SMILES string of the molecule is C#CCNS(=O)(=O)c1ccc(C(=O)Nc2ccccc2C(=O)Nc2ccc3c(c2)OCO3)cc1. The Hall–Kier alpha value is -4.33. The molecule has 3 N–H and O–H groups in total. The third kappa shape index (κ3) is 5.01. The quantitative estimate of drug-likeness (QED) is 0.450. The van der Waals surface area contributed by atoms with Crippen LogP contribution in [0.2, 0.25) is 0 Å². The van der Waals surface area contributed by atoms with Gasteiger partial charge >= 0.3 is 0 Å². The molecule has 0 saturated heterocycles. The number of nitrogens with one attached hydrogen (secondary N) is 3. The number of anilines is 2. The van der Waals surface area contributed by atoms with Crippen LogP contribution >= 0.6 is 0 Å². The number of hydrogen-bond donors (Lipinski definition) is 3. The van der Waals surface area contributed by atoms with Crippen molar-refractivity contribution in [3.63, 3.8) is 0 Å². The fourth-order valence-corrected chi connectivity index (χ4v) is 4.10. The first-order valence-electron chi connectivity index (χ1n) is 10.0. The van der Waals surface area contributed by atoms with Gasteiger partial charge in [-0.05, 0) is 48.5 Å². The fraction of sp³-hybridized carbons (Fsp3) is 0.0833. The zero-order chi connectivity index (χ0) is 24.1. The number of para-hydroxylation sites is 1. The maximum absolute atomic E-state index is 12.9. The highest BCUT2D eigenvalue weighted by Crippen LogP contribution is 2.34. The number of terminal acetylenes is 1. The van der Waals surface area contributed by atoms with E-state index in [0.29, 0.717) is 17.2 Å². The Morgan fingerprint density at radius 3 is 2.41 bits per heavy atom. The molecular formula is C24H19N3O6S. The summed E-state index contributed by atoms with van der Waals surface area (Å²) in [5, 5.41) is 5.46. The van der Waals surface area contributed by atoms with Gasteiger partial charge in [-0.1, -0.05) is 18.1 Å². The predicted octanol–water partition coefficient (Wildman–Crippen LogP) is 2.83. The van der Waals surface area contributed by atoms with Crippen LogP contribution in [-0.4, -0.2) is 33.6 Å². The first-order valence-corrected chi connectivity index (χ1v) is 11.5. The minimum atomic E-state index is -3.77. The third-order valence-electron chi connectivity index (χ3n) is 4.84. The van der Waals surface area contributed by atoms with Crippen LogP contribution in [0, 0.1) is 12.3 Å². The van der Waals surface area contributed by atoms with E-state index in [0.717, 1.165) is 0 Å². The number of sulfonamides is 1. The van der Waals surface area contributed by atoms with Crippen LogP contribution in [0.3, 0.4) is 0 Å². The summed E-state index contributed by atoms with van der Waals surface area (Å²) in [6, 6.07) is 16.9. The van der Waals surface area contributed by atoms with Gasteiger partial charge in [-0.2, -0.15) is 4.72 Å². The number of ether oxygens (including phenoxy) is 2. The van der Waals surface area contributed by atoms with Crippen molar-refractivity contribution in [3.8, 4) is 23.8 Å². The summed E-state index contributed by atoms with van der Waals surface area (Å²) < 4.78 is 37.1. The van der Waals surface area contributed by atoms with Crippen molar-refractivity contribution in [3.05, 3.63) is 77.9 Å². The largest absolute Gasteiger partial charge is 0.454 e. The van der Waals surface area contributed by atoms with Crippen molar-refractivity contribution >= 4 is 33.2 Å². The van der Waals surface area contributed by atoms with E-state index in [-0.39, 0.29) is 35.0 Å². The minimum Gasteiger partial charge on any atom is -0.454 e. The van der Waals surface area contributed by atoms with Crippen LogP contribution in [0.4, 0.5) is 11.4 Å². The van der Waals surface area contributed by atoms with E-state index in [9.17, 15) is 18.0 Å². The van der Waals surface area contributed by atoms with Gasteiger partial charge in [-0.3, -0.25) is 9.59 Å². The first-order chi connectivity index (χ1) is 16.4. The predicted molar refractivity (Wildman–Crippen MR) is 125 cm³/mol. The molecule has 4 rings (SSSR count). The number of fused-ring (bicyclic) bond motifs is 1. The molecule has 0 atom stereocenters. The average molecular weight is 477 g/mol. The maximum Gasteiger partial charge on any atom is 0.257 e. The summed E-state index contributed by atoms with van der Waals surface area (Å²) in [7, 11) is -3.77. The topological polar surface area (TPSA) is 123 Å². The Morgan fingerprint density at radius 1 is 0.912 bits per heavy atom. The highest BCUT2D eigenvalue weighted by molar-refractivity contribution is 7.89. The Labute approximate surface area is 196 Å². The van der Waals surface area contributed by atoms with Crippen molar-refractivity contribution in [2.24, 2.45) is 0 Å². The third-order valence-corrected chi connectivity index (χ3v) is 6.26. The highest BCUT2D eigenvalue weighted by Gasteiger charge is 2.18. The zero-order valence-corrected chi connectivity index (χ0v) is 18.5. The summed E-state index contributed by atoms with van der Waals surface area (Å²) in [6.45, 7) is -0.0222. The van der Waals surface area contributed by atoms with Gasteiger partial charge in [0.15, 0.2) is 11.5 Å². The van der Waals surface area contributed by atoms with Crippen LogP contribution in [0.1, 0.15) is 20.7 Å². The van der Waals surface area contributed by atoms with Crippen LogP contribution in [-0.2, 0) is 10.0 Å². The van der Waals surface area contributed by atoms with Crippen LogP contribution in [0.5, 0.6) is 11.5 Å². The zero-order valence-electron chi connectivity index (χ0n) is 17.7. The summed E-state index contributed by atoms with van der Waals surface area (Å²) in [5.41, 5.74) is 1.25. The van der Waals surface area contributed by atoms with Crippen molar-refractivity contribution in [1.82, 2.24) is 4.72 Å². The molecule has 1 aliphatic heterocycles. The van der Waals surface area contributed by atoms with E-state index in [1.807, 2.05) is 0 Å². The Morgan fingerprint density at radius 2 is 1.65 bits per heavy atom. The molecular weight excluding hydrogens is 458 g/mol. The van der Waals surface area contributed by atoms with Crippen molar-refractivity contribution in [1.29, 1.82) is 0 Å². The van der Waals surface area contributed by atoms with Crippen molar-refractivity contribution in [2.45, 2.75) is 4.90 Å². The lowest BCUT2D eigenvalue weighted by Gasteiger charge is -2.12. The van der Waals surface area contributed by atoms with Gasteiger partial charge in [-0.15, -0.1) is 6.42 Å². The molecule has 3 aromatic rings. The summed E-state index contributed by atoms with van der Waals surface area (Å²) in [5.74, 6) is 2.37. The Kier molecular flexibility index (Phi) is 6.49. The van der Waals surface area contributed by atoms with Gasteiger partial charge in [0.1, 0.15) is 0 Å². The number of rotatable bonds is 7. The van der Waals surface area contributed by atoms with E-state index in [4.69, 9.17) is 15.9 Å². The molecule has 0 fully saturated rings. The van der Waals surface area contributed by atoms with E-state index >= 15 is 0 Å². The number of carbonyl (C=O) groups is 2. The normalized spacial score (nSPS) is 12.0. The molecule has 0 spiro atoms. The van der Waals surface area contributed by atoms with Crippen molar-refractivity contribution < 1.29 is 27.5 Å². The number of benzene rings is 3. The Balaban J connectivity index is 1.48. The van der Waals surface area contributed by atoms with E-state index in [1.54, 1.807) is 42.5 Å². The second-order valence-corrected chi connectivity index (χ2v) is 8.84. The standard InChI is InChI=1S/C24H19N3O6S/c1-2-13-25-34(30,31)18-10-7-16(8-11-18)23(28)27-20-6-4-3-5-19(20)24(29)26-17-9-12-21-22(14-17)33-15-32-21/h1,3-12,14,25H,13,15H2,(H,26,29)(H,27,28). The van der Waals surface area contributed by atoms with Crippen LogP contribution in [0.25, 0.3) is 0 Å². The molecule has 10 heteroatoms. The summed E-state index contributed by atoms with van der Waals surface area (Å²) in [4.78, 5) is 25.6. The lowest BCUT2D eigenvalue weighted by molar-refractivity contribution is 0.102. The van der Waals surface area contributed by atoms with Gasteiger partial charge in [-0.25, -0.2) is 8.42 Å². The van der Waals surface area contributed by atoms with Crippen LogP contribution in [0.15, 0.2) is 71.6 Å². The van der Waals surface area contributed by atoms with Crippen LogP contribution < -0.4 is 24.8 Å². The number of carbonyl (C=O) groups excluding carboxylic acids is 2. The monoisotopic (exact) mass is 477 g/mol. The molecule has 0 radical (unpaired) electrons. The molecule has 0 bridgehead atoms. The molecule has 1 heterocycles. The highest BCUT2D eigenvalue weighted by atomic mass is 32.2. The second-order valence-electron chi connectivity index (χ2n) is 7.07. The number of hydrogen-bond acceptors (Lipinski definition) is 6. The Bertz CT molecular complexity index is 1390. The van der Waals surface area contributed by atoms with E-state index in [1.165, 1.54) is 24.3 Å². The average Bonchev–Trinajstić information content (AvgIpc) is 3.31. The molecule has 0 unspecified atom stereocenters. The van der Waals surface area contributed by atoms with Gasteiger partial charge in [0.05, 0.1) is 22.7 Å². The molecule has 172 valence electrons. The lowest BCUT2D eigenvalue weighted by Crippen LogP contribution is -2.24. The fourth-order valence-electron chi connectivity index (χ4n) is 3.16. The molecule has 2 amide bonds. The van der Waals surface area contributed by atoms with E-state index < -0.39 is 21.8 Å². The smallest absolute Gasteiger partial charge is 0.257 e. The molecule has 9 nitrogen and oxygen atoms in total. The van der Waals surface area contributed by atoms with Gasteiger partial charge < -0.3 is 20.1 Å². The van der Waals surface area contributed by atoms with Gasteiger partial charge in [0.25, 0.3) is 11.8 Å². The summed E-state index contributed by atoms with van der Waals surface area (Å²) in [6.07, 6.45) is 5.08. The molecule has 0 aromatic heterocycles. The number of amides is 2. The molecule has 3 aromatic carbocycles. The molecule has 34 heavy (non-hydrogen) atoms. The van der Waals surface area contributed by atoms with Crippen molar-refractivity contribution in [2.75, 3.05) is 24.0 Å². The molecule has 0 aliphatic carbocycles. The second kappa shape index (κ2) is 9.66. The van der Waals surface area contributed by atoms with Gasteiger partial charge in [0.2, 0.25) is 16.8 Å². The molecule has 0 saturated carbocycles. The van der Waals surface area contributed by atoms with Gasteiger partial charge in [0, 0.05) is 17.3 Å². The molecule has 1 aliphatic rings. The maximum atomic E-state index is 12.9. The lowest BCUT2D eigenvalue weighted by atomic mass is 10.1. The van der Waals surface area contributed by atoms with E-state index in [2.05, 4.69) is 21.3 Å².